The summed E-state index contributed by atoms with van der Waals surface area (Å²) in [5.74, 6) is 0. The molecule has 0 saturated carbocycles. The van der Waals surface area contributed by atoms with E-state index in [-0.39, 0.29) is 18.2 Å². The summed E-state index contributed by atoms with van der Waals surface area (Å²) in [7, 11) is 0. The van der Waals surface area contributed by atoms with Gasteiger partial charge in [-0.05, 0) is 40.2 Å². The second kappa shape index (κ2) is 7.53. The van der Waals surface area contributed by atoms with Crippen LogP contribution in [0.15, 0.2) is 30.3 Å². The maximum Gasteiger partial charge on any atom is 0.410 e. The third-order valence-electron chi connectivity index (χ3n) is 4.21. The Kier molecular flexibility index (Phi) is 5.88. The number of nitrogens with zero attached hydrogens (tertiary/aromatic N) is 2. The summed E-state index contributed by atoms with van der Waals surface area (Å²) in [6.07, 6.45) is -0.920. The van der Waals surface area contributed by atoms with Crippen LogP contribution in [0.3, 0.4) is 0 Å². The van der Waals surface area contributed by atoms with Crippen LogP contribution in [0.4, 0.5) is 4.79 Å². The quantitative estimate of drug-likeness (QED) is 0.920. The van der Waals surface area contributed by atoms with E-state index in [4.69, 9.17) is 4.74 Å². The fraction of sp³-hybridized carbons (Fsp3) is 0.632. The number of amides is 1. The fourth-order valence-electron chi connectivity index (χ4n) is 3.05. The molecule has 1 aliphatic heterocycles. The summed E-state index contributed by atoms with van der Waals surface area (Å²) in [5.41, 5.74) is 0.677. The Hall–Kier alpha value is -1.59. The molecule has 1 aromatic rings. The van der Waals surface area contributed by atoms with Gasteiger partial charge in [0.15, 0.2) is 0 Å². The van der Waals surface area contributed by atoms with Crippen molar-refractivity contribution in [2.45, 2.75) is 65.0 Å². The molecule has 1 amide bonds. The van der Waals surface area contributed by atoms with Crippen LogP contribution in [0.25, 0.3) is 0 Å². The topological polar surface area (TPSA) is 53.0 Å². The van der Waals surface area contributed by atoms with Crippen molar-refractivity contribution < 1.29 is 14.6 Å². The normalized spacial score (nSPS) is 21.6. The van der Waals surface area contributed by atoms with Gasteiger partial charge in [-0.1, -0.05) is 30.3 Å². The van der Waals surface area contributed by atoms with Crippen molar-refractivity contribution in [2.75, 3.05) is 13.1 Å². The molecule has 1 saturated heterocycles. The fourth-order valence-corrected chi connectivity index (χ4v) is 3.05. The van der Waals surface area contributed by atoms with Crippen LogP contribution in [0.1, 0.15) is 40.2 Å². The Morgan fingerprint density at radius 1 is 1.29 bits per heavy atom. The van der Waals surface area contributed by atoms with Gasteiger partial charge in [-0.3, -0.25) is 4.90 Å². The molecule has 5 heteroatoms. The highest BCUT2D eigenvalue weighted by Crippen LogP contribution is 2.23. The molecule has 1 N–H and O–H groups in total. The summed E-state index contributed by atoms with van der Waals surface area (Å²) in [4.78, 5) is 16.1. The summed E-state index contributed by atoms with van der Waals surface area (Å²) >= 11 is 0. The van der Waals surface area contributed by atoms with Gasteiger partial charge in [0.1, 0.15) is 5.60 Å². The van der Waals surface area contributed by atoms with Crippen molar-refractivity contribution >= 4 is 6.09 Å². The van der Waals surface area contributed by atoms with E-state index in [1.165, 1.54) is 5.56 Å². The Morgan fingerprint density at radius 2 is 1.92 bits per heavy atom. The van der Waals surface area contributed by atoms with Crippen LogP contribution in [0.5, 0.6) is 0 Å². The molecule has 24 heavy (non-hydrogen) atoms. The first kappa shape index (κ1) is 18.7. The molecular weight excluding hydrogens is 304 g/mol. The summed E-state index contributed by atoms with van der Waals surface area (Å²) < 4.78 is 5.43. The third-order valence-corrected chi connectivity index (χ3v) is 4.21. The zero-order valence-corrected chi connectivity index (χ0v) is 15.4. The first-order valence-corrected chi connectivity index (χ1v) is 8.63. The van der Waals surface area contributed by atoms with Crippen LogP contribution >= 0.6 is 0 Å². The highest BCUT2D eigenvalue weighted by molar-refractivity contribution is 5.68. The molecule has 1 heterocycles. The van der Waals surface area contributed by atoms with Crippen molar-refractivity contribution in [1.82, 2.24) is 9.80 Å². The summed E-state index contributed by atoms with van der Waals surface area (Å²) in [6.45, 7) is 11.3. The van der Waals surface area contributed by atoms with E-state index in [1.54, 1.807) is 4.90 Å². The molecule has 1 fully saturated rings. The van der Waals surface area contributed by atoms with E-state index in [1.807, 2.05) is 39.0 Å². The first-order valence-electron chi connectivity index (χ1n) is 8.63. The number of aliphatic hydroxyl groups excluding tert-OH is 1. The van der Waals surface area contributed by atoms with Gasteiger partial charge in [0, 0.05) is 19.1 Å². The van der Waals surface area contributed by atoms with Gasteiger partial charge in [0.05, 0.1) is 18.7 Å². The van der Waals surface area contributed by atoms with Crippen molar-refractivity contribution in [1.29, 1.82) is 0 Å². The lowest BCUT2D eigenvalue weighted by Gasteiger charge is -2.34. The van der Waals surface area contributed by atoms with Crippen LogP contribution in [0, 0.1) is 0 Å². The van der Waals surface area contributed by atoms with Crippen molar-refractivity contribution in [3.63, 3.8) is 0 Å². The zero-order valence-electron chi connectivity index (χ0n) is 15.4. The minimum atomic E-state index is -0.566. The SMILES string of the molecule is CC(C)N(Cc1ccccc1)[C@@H]1CN(C(=O)OC(C)(C)C)C[C@H]1O. The van der Waals surface area contributed by atoms with Gasteiger partial charge < -0.3 is 14.7 Å². The smallest absolute Gasteiger partial charge is 0.410 e. The molecular formula is C19H30N2O3. The van der Waals surface area contributed by atoms with Gasteiger partial charge in [-0.2, -0.15) is 0 Å². The average Bonchev–Trinajstić information content (AvgIpc) is 2.86. The summed E-state index contributed by atoms with van der Waals surface area (Å²) in [6, 6.07) is 10.4. The van der Waals surface area contributed by atoms with Crippen LogP contribution in [0.2, 0.25) is 0 Å². The Labute approximate surface area is 145 Å². The molecule has 2 rings (SSSR count). The van der Waals surface area contributed by atoms with Gasteiger partial charge in [0.2, 0.25) is 0 Å². The van der Waals surface area contributed by atoms with Crippen molar-refractivity contribution in [2.24, 2.45) is 0 Å². The number of rotatable bonds is 4. The van der Waals surface area contributed by atoms with E-state index in [2.05, 4.69) is 30.9 Å². The second-order valence-corrected chi connectivity index (χ2v) is 7.77. The number of β-amino-alcohol motifs (C(OH)–C–C–N with tert-alkyl or cyclic N) is 1. The molecule has 134 valence electrons. The number of carbonyl (C=O) groups is 1. The van der Waals surface area contributed by atoms with Crippen LogP contribution < -0.4 is 0 Å². The minimum absolute atomic E-state index is 0.0854. The monoisotopic (exact) mass is 334 g/mol. The third kappa shape index (κ3) is 4.95. The van der Waals surface area contributed by atoms with E-state index in [0.29, 0.717) is 13.1 Å². The number of aliphatic hydroxyl groups is 1. The van der Waals surface area contributed by atoms with Crippen LogP contribution in [-0.2, 0) is 11.3 Å². The predicted molar refractivity (Wildman–Crippen MR) is 94.7 cm³/mol. The predicted octanol–water partition coefficient (Wildman–Crippen LogP) is 2.88. The first-order chi connectivity index (χ1) is 11.2. The van der Waals surface area contributed by atoms with E-state index < -0.39 is 11.7 Å². The molecule has 0 radical (unpaired) electrons. The van der Waals surface area contributed by atoms with Gasteiger partial charge in [0.25, 0.3) is 0 Å². The van der Waals surface area contributed by atoms with E-state index in [0.717, 1.165) is 6.54 Å². The number of ether oxygens (including phenoxy) is 1. The maximum absolute atomic E-state index is 12.3. The van der Waals surface area contributed by atoms with E-state index in [9.17, 15) is 9.90 Å². The Balaban J connectivity index is 2.07. The molecule has 0 unspecified atom stereocenters. The largest absolute Gasteiger partial charge is 0.444 e. The molecule has 2 atom stereocenters. The lowest BCUT2D eigenvalue weighted by atomic mass is 10.1. The standard InChI is InChI=1S/C19H30N2O3/c1-14(2)21(11-15-9-7-6-8-10-15)16-12-20(13-17(16)22)18(23)24-19(3,4)5/h6-10,14,16-17,22H,11-13H2,1-5H3/t16-,17-/m1/s1. The van der Waals surface area contributed by atoms with Gasteiger partial charge in [-0.25, -0.2) is 4.79 Å². The molecule has 1 aliphatic rings. The molecule has 5 nitrogen and oxygen atoms in total. The minimum Gasteiger partial charge on any atom is -0.444 e. The van der Waals surface area contributed by atoms with Crippen molar-refractivity contribution in [3.05, 3.63) is 35.9 Å². The average molecular weight is 334 g/mol. The second-order valence-electron chi connectivity index (χ2n) is 7.77. The molecule has 1 aromatic carbocycles. The Morgan fingerprint density at radius 3 is 2.46 bits per heavy atom. The van der Waals surface area contributed by atoms with Crippen LogP contribution in [-0.4, -0.2) is 57.9 Å². The maximum atomic E-state index is 12.3. The zero-order chi connectivity index (χ0) is 17.9. The number of likely N-dealkylation sites (tertiary alicyclic amines) is 1. The van der Waals surface area contributed by atoms with Crippen molar-refractivity contribution in [3.8, 4) is 0 Å². The number of carbonyl (C=O) groups excluding carboxylic acids is 1. The highest BCUT2D eigenvalue weighted by Gasteiger charge is 2.40. The number of hydrogen-bond acceptors (Lipinski definition) is 4. The number of benzene rings is 1. The molecule has 0 bridgehead atoms. The molecule has 0 aromatic heterocycles. The molecule has 0 spiro atoms. The Bertz CT molecular complexity index is 539. The molecule has 0 aliphatic carbocycles. The van der Waals surface area contributed by atoms with E-state index >= 15 is 0 Å². The lowest BCUT2D eigenvalue weighted by molar-refractivity contribution is 0.0268. The van der Waals surface area contributed by atoms with Gasteiger partial charge >= 0.3 is 6.09 Å². The van der Waals surface area contributed by atoms with Gasteiger partial charge in [-0.15, -0.1) is 0 Å². The highest BCUT2D eigenvalue weighted by atomic mass is 16.6. The number of hydrogen-bond donors (Lipinski definition) is 1. The lowest BCUT2D eigenvalue weighted by Crippen LogP contribution is -2.46. The summed E-state index contributed by atoms with van der Waals surface area (Å²) in [5, 5.41) is 10.5.